The van der Waals surface area contributed by atoms with Crippen molar-refractivity contribution in [3.63, 3.8) is 0 Å². The SMILES string of the molecule is CC.CC(=O)CNC(=O)C1CCCN1C(=O)C(NC(=O)NC(C(=O)OC(C)C)C(C)C)C(C)(C)C.CC1CC1.CCCC(C)(C)OC(=O)CCNC=O.CS. The molecule has 14 nitrogen and oxygen atoms in total. The number of carbonyl (C=O) groups is 7. The van der Waals surface area contributed by atoms with E-state index in [1.807, 2.05) is 55.4 Å². The molecule has 3 unspecified atom stereocenters. The summed E-state index contributed by atoms with van der Waals surface area (Å²) in [5.41, 5.74) is -1.06. The minimum absolute atomic E-state index is 0.0935. The average molecular weight is 804 g/mol. The van der Waals surface area contributed by atoms with Crippen LogP contribution >= 0.6 is 12.6 Å². The van der Waals surface area contributed by atoms with Crippen molar-refractivity contribution in [1.29, 1.82) is 0 Å². The highest BCUT2D eigenvalue weighted by Crippen LogP contribution is 2.27. The van der Waals surface area contributed by atoms with E-state index in [0.29, 0.717) is 32.3 Å². The number of hydrogen-bond donors (Lipinski definition) is 5. The monoisotopic (exact) mass is 804 g/mol. The van der Waals surface area contributed by atoms with Gasteiger partial charge in [-0.1, -0.05) is 81.6 Å². The second-order valence-electron chi connectivity index (χ2n) is 15.7. The van der Waals surface area contributed by atoms with Crippen LogP contribution in [0.5, 0.6) is 0 Å². The third-order valence-electron chi connectivity index (χ3n) is 7.96. The van der Waals surface area contributed by atoms with Crippen molar-refractivity contribution in [2.75, 3.05) is 25.9 Å². The molecule has 0 aromatic rings. The first-order chi connectivity index (χ1) is 25.6. The zero-order valence-electron chi connectivity index (χ0n) is 36.7. The van der Waals surface area contributed by atoms with Gasteiger partial charge in [-0.25, -0.2) is 9.59 Å². The summed E-state index contributed by atoms with van der Waals surface area (Å²) in [6.45, 7) is 26.5. The molecule has 0 aromatic heterocycles. The van der Waals surface area contributed by atoms with Crippen molar-refractivity contribution in [3.8, 4) is 0 Å². The number of amides is 5. The molecule has 5 amide bonds. The molecule has 1 saturated carbocycles. The summed E-state index contributed by atoms with van der Waals surface area (Å²) < 4.78 is 10.5. The minimum atomic E-state index is -0.937. The average Bonchev–Trinajstić information content (AvgIpc) is 3.71. The second-order valence-corrected chi connectivity index (χ2v) is 15.7. The van der Waals surface area contributed by atoms with Gasteiger partial charge in [-0.15, -0.1) is 0 Å². The molecule has 0 spiro atoms. The number of ether oxygens (including phenoxy) is 2. The summed E-state index contributed by atoms with van der Waals surface area (Å²) in [4.78, 5) is 84.9. The molecule has 1 saturated heterocycles. The Hall–Kier alpha value is -3.36. The zero-order chi connectivity index (χ0) is 43.5. The first kappa shape index (κ1) is 56.0. The van der Waals surface area contributed by atoms with Crippen LogP contribution in [0, 0.1) is 17.3 Å². The van der Waals surface area contributed by atoms with Gasteiger partial charge < -0.3 is 35.6 Å². The lowest BCUT2D eigenvalue weighted by molar-refractivity contribution is -0.157. The van der Waals surface area contributed by atoms with E-state index >= 15 is 0 Å². The van der Waals surface area contributed by atoms with Crippen LogP contribution in [0.25, 0.3) is 0 Å². The maximum Gasteiger partial charge on any atom is 0.329 e. The number of nitrogens with one attached hydrogen (secondary N) is 4. The highest BCUT2D eigenvalue weighted by atomic mass is 32.1. The van der Waals surface area contributed by atoms with Crippen LogP contribution < -0.4 is 21.3 Å². The first-order valence-electron chi connectivity index (χ1n) is 19.7. The molecule has 55 heavy (non-hydrogen) atoms. The Labute approximate surface area is 337 Å². The van der Waals surface area contributed by atoms with Crippen LogP contribution in [0.15, 0.2) is 0 Å². The molecule has 2 aliphatic rings. The molecule has 2 fully saturated rings. The largest absolute Gasteiger partial charge is 0.461 e. The van der Waals surface area contributed by atoms with E-state index < -0.39 is 41.1 Å². The van der Waals surface area contributed by atoms with Crippen LogP contribution in [0.4, 0.5) is 4.79 Å². The minimum Gasteiger partial charge on any atom is -0.461 e. The van der Waals surface area contributed by atoms with E-state index in [-0.39, 0.29) is 48.6 Å². The molecular weight excluding hydrogens is 727 g/mol. The quantitative estimate of drug-likeness (QED) is 0.0572. The summed E-state index contributed by atoms with van der Waals surface area (Å²) in [7, 11) is 0. The number of likely N-dealkylation sites (tertiary alicyclic amines) is 1. The van der Waals surface area contributed by atoms with Crippen molar-refractivity contribution in [3.05, 3.63) is 0 Å². The summed E-state index contributed by atoms with van der Waals surface area (Å²) in [6, 6.07) is -3.18. The highest BCUT2D eigenvalue weighted by molar-refractivity contribution is 7.79. The van der Waals surface area contributed by atoms with Crippen molar-refractivity contribution in [2.24, 2.45) is 17.3 Å². The molecule has 0 aromatic carbocycles. The smallest absolute Gasteiger partial charge is 0.329 e. The number of nitrogens with zero attached hydrogens (tertiary/aromatic N) is 1. The predicted molar refractivity (Wildman–Crippen MR) is 222 cm³/mol. The molecule has 15 heteroatoms. The third-order valence-corrected chi connectivity index (χ3v) is 7.96. The first-order valence-corrected chi connectivity index (χ1v) is 20.6. The Morgan fingerprint density at radius 2 is 1.47 bits per heavy atom. The van der Waals surface area contributed by atoms with Gasteiger partial charge in [0.1, 0.15) is 29.5 Å². The number of hydrogen-bond acceptors (Lipinski definition) is 10. The van der Waals surface area contributed by atoms with Crippen molar-refractivity contribution in [1.82, 2.24) is 26.2 Å². The molecule has 3 atom stereocenters. The Morgan fingerprint density at radius 1 is 0.927 bits per heavy atom. The molecule has 1 heterocycles. The maximum atomic E-state index is 13.4. The van der Waals surface area contributed by atoms with E-state index in [9.17, 15) is 33.6 Å². The number of Topliss-reactive ketones (excluding diaryl/α,β-unsaturated/α-hetero) is 1. The van der Waals surface area contributed by atoms with Gasteiger partial charge in [-0.3, -0.25) is 24.0 Å². The number of rotatable bonds is 16. The second kappa shape index (κ2) is 29.9. The lowest BCUT2D eigenvalue weighted by Crippen LogP contribution is -2.60. The lowest BCUT2D eigenvalue weighted by Gasteiger charge is -2.35. The summed E-state index contributed by atoms with van der Waals surface area (Å²) in [5.74, 6) is -0.902. The van der Waals surface area contributed by atoms with Crippen LogP contribution in [0.3, 0.4) is 0 Å². The van der Waals surface area contributed by atoms with Gasteiger partial charge in [-0.2, -0.15) is 12.6 Å². The third kappa shape index (κ3) is 27.0. The molecule has 1 aliphatic heterocycles. The van der Waals surface area contributed by atoms with Crippen molar-refractivity contribution >= 4 is 54.6 Å². The highest BCUT2D eigenvalue weighted by Gasteiger charge is 2.42. The van der Waals surface area contributed by atoms with Crippen molar-refractivity contribution in [2.45, 2.75) is 172 Å². The molecule has 4 N–H and O–H groups in total. The number of urea groups is 1. The number of thiol groups is 1. The van der Waals surface area contributed by atoms with Gasteiger partial charge in [0.25, 0.3) is 0 Å². The number of carbonyl (C=O) groups excluding carboxylic acids is 7. The Bertz CT molecular complexity index is 1150. The van der Waals surface area contributed by atoms with E-state index in [4.69, 9.17) is 9.47 Å². The summed E-state index contributed by atoms with van der Waals surface area (Å²) >= 11 is 3.53. The molecule has 322 valence electrons. The molecule has 2 rings (SSSR count). The van der Waals surface area contributed by atoms with Crippen molar-refractivity contribution < 1.29 is 43.0 Å². The zero-order valence-corrected chi connectivity index (χ0v) is 37.6. The van der Waals surface area contributed by atoms with E-state index in [2.05, 4.69) is 40.8 Å². The maximum absolute atomic E-state index is 13.4. The fourth-order valence-electron chi connectivity index (χ4n) is 4.98. The van der Waals surface area contributed by atoms with Crippen LogP contribution in [0.2, 0.25) is 0 Å². The van der Waals surface area contributed by atoms with Gasteiger partial charge in [0.15, 0.2) is 0 Å². The Kier molecular flexibility index (Phi) is 30.4. The van der Waals surface area contributed by atoms with E-state index in [0.717, 1.165) is 18.8 Å². The fourth-order valence-corrected chi connectivity index (χ4v) is 4.98. The van der Waals surface area contributed by atoms with Crippen LogP contribution in [-0.4, -0.2) is 103 Å². The standard InChI is InChI=1S/C23H40N4O6.C10H19NO3.C4H8.C2H6.CH4S/c1-13(2)17(21(31)33-14(3)4)25-22(32)26-18(23(6,7)8)20(30)27-11-9-10-16(27)19(29)24-12-15(5)28;1-4-6-10(2,3)14-9(13)5-7-11-8-12;1-4-2-3-4;2*1-2/h13-14,16-18H,9-12H2,1-8H3,(H,24,29)(H2,25,26,32);8H,4-7H2,1-3H3,(H,11,12);4H,2-3H2,1H3;1-2H3;2H,1H3. The summed E-state index contributed by atoms with van der Waals surface area (Å²) in [6.07, 6.45) is 8.09. The van der Waals surface area contributed by atoms with Crippen LogP contribution in [0.1, 0.15) is 142 Å². The van der Waals surface area contributed by atoms with Gasteiger partial charge >= 0.3 is 18.0 Å². The van der Waals surface area contributed by atoms with Gasteiger partial charge in [-0.05, 0) is 77.4 Å². The van der Waals surface area contributed by atoms with E-state index in [1.165, 1.54) is 24.7 Å². The van der Waals surface area contributed by atoms with Gasteiger partial charge in [0.2, 0.25) is 18.2 Å². The normalized spacial score (nSPS) is 15.7. The molecular formula is C40H77N5O9S. The Balaban J connectivity index is -0.00000101. The predicted octanol–water partition coefficient (Wildman–Crippen LogP) is 5.61. The molecule has 1 aliphatic carbocycles. The number of esters is 2. The Morgan fingerprint density at radius 3 is 1.89 bits per heavy atom. The van der Waals surface area contributed by atoms with Crippen LogP contribution in [-0.2, 0) is 38.2 Å². The molecule has 0 radical (unpaired) electrons. The summed E-state index contributed by atoms with van der Waals surface area (Å²) in [5, 5.41) is 10.3. The fraction of sp³-hybridized carbons (Fsp3) is 0.825. The van der Waals surface area contributed by atoms with E-state index in [1.54, 1.807) is 34.0 Å². The molecule has 0 bridgehead atoms. The van der Waals surface area contributed by atoms with Gasteiger partial charge in [0, 0.05) is 13.1 Å². The van der Waals surface area contributed by atoms with Gasteiger partial charge in [0.05, 0.1) is 19.1 Å². The lowest BCUT2D eigenvalue weighted by atomic mass is 9.85. The topological polar surface area (TPSA) is 189 Å². The number of ketones is 1.